The lowest BCUT2D eigenvalue weighted by Gasteiger charge is -2.26. The molecule has 0 aromatic carbocycles. The van der Waals surface area contributed by atoms with Gasteiger partial charge in [-0.2, -0.15) is 11.8 Å². The Morgan fingerprint density at radius 3 is 2.44 bits per heavy atom. The van der Waals surface area contributed by atoms with Crippen LogP contribution in [0, 0.1) is 0 Å². The summed E-state index contributed by atoms with van der Waals surface area (Å²) in [7, 11) is 0. The third-order valence-corrected chi connectivity index (χ3v) is 3.70. The number of hydrogen-bond donors (Lipinski definition) is 3. The van der Waals surface area contributed by atoms with Crippen molar-refractivity contribution in [2.75, 3.05) is 11.5 Å². The van der Waals surface area contributed by atoms with E-state index < -0.39 is 17.5 Å². The van der Waals surface area contributed by atoms with Gasteiger partial charge in [-0.3, -0.25) is 0 Å². The van der Waals surface area contributed by atoms with Gasteiger partial charge in [0.25, 0.3) is 0 Å². The van der Waals surface area contributed by atoms with Crippen molar-refractivity contribution >= 4 is 23.8 Å². The number of carboxylic acid groups (broad SMARTS) is 1. The second kappa shape index (κ2) is 8.24. The summed E-state index contributed by atoms with van der Waals surface area (Å²) in [5.41, 5.74) is -1.20. The molecule has 2 amide bonds. The number of rotatable bonds is 8. The summed E-state index contributed by atoms with van der Waals surface area (Å²) in [6.45, 7) is 7.38. The number of carboxylic acids is 1. The molecule has 0 aromatic heterocycles. The van der Waals surface area contributed by atoms with Crippen LogP contribution in [0.15, 0.2) is 0 Å². The second-order valence-corrected chi connectivity index (χ2v) is 5.87. The van der Waals surface area contributed by atoms with Gasteiger partial charge in [0.05, 0.1) is 0 Å². The topological polar surface area (TPSA) is 78.4 Å². The molecule has 0 radical (unpaired) electrons. The quantitative estimate of drug-likeness (QED) is 0.634. The molecular weight excluding hydrogens is 252 g/mol. The fraction of sp³-hybridized carbons (Fsp3) is 0.833. The fourth-order valence-electron chi connectivity index (χ4n) is 1.57. The molecule has 0 spiro atoms. The van der Waals surface area contributed by atoms with Crippen molar-refractivity contribution in [2.24, 2.45) is 0 Å². The molecule has 5 nitrogen and oxygen atoms in total. The van der Waals surface area contributed by atoms with Gasteiger partial charge < -0.3 is 15.7 Å². The van der Waals surface area contributed by atoms with Gasteiger partial charge in [-0.25, -0.2) is 9.59 Å². The van der Waals surface area contributed by atoms with Gasteiger partial charge in [0.15, 0.2) is 0 Å². The van der Waals surface area contributed by atoms with Crippen LogP contribution in [0.4, 0.5) is 4.79 Å². The van der Waals surface area contributed by atoms with Crippen molar-refractivity contribution in [3.05, 3.63) is 0 Å². The normalized spacial score (nSPS) is 15.6. The van der Waals surface area contributed by atoms with E-state index in [2.05, 4.69) is 17.6 Å². The SMILES string of the molecule is CCCC(C)(NC(=O)NC(C)CSCC)C(=O)O. The Morgan fingerprint density at radius 2 is 2.00 bits per heavy atom. The fourth-order valence-corrected chi connectivity index (χ4v) is 2.24. The first-order valence-electron chi connectivity index (χ1n) is 6.25. The summed E-state index contributed by atoms with van der Waals surface area (Å²) in [6, 6.07) is -0.396. The number of hydrogen-bond acceptors (Lipinski definition) is 3. The maximum Gasteiger partial charge on any atom is 0.329 e. The van der Waals surface area contributed by atoms with E-state index in [-0.39, 0.29) is 6.04 Å². The highest BCUT2D eigenvalue weighted by atomic mass is 32.2. The van der Waals surface area contributed by atoms with E-state index in [1.807, 2.05) is 13.8 Å². The van der Waals surface area contributed by atoms with E-state index in [0.29, 0.717) is 12.8 Å². The molecule has 0 aliphatic rings. The van der Waals surface area contributed by atoms with Gasteiger partial charge in [0, 0.05) is 11.8 Å². The molecule has 18 heavy (non-hydrogen) atoms. The first-order chi connectivity index (χ1) is 8.35. The van der Waals surface area contributed by atoms with E-state index in [1.165, 1.54) is 6.92 Å². The number of amides is 2. The predicted molar refractivity (Wildman–Crippen MR) is 75.1 cm³/mol. The number of carbonyl (C=O) groups excluding carboxylic acids is 1. The summed E-state index contributed by atoms with van der Waals surface area (Å²) in [5, 5.41) is 14.4. The molecule has 6 heteroatoms. The highest BCUT2D eigenvalue weighted by molar-refractivity contribution is 7.99. The number of nitrogens with one attached hydrogen (secondary N) is 2. The molecule has 0 aliphatic carbocycles. The molecule has 2 unspecified atom stereocenters. The molecule has 3 N–H and O–H groups in total. The van der Waals surface area contributed by atoms with Gasteiger partial charge in [-0.05, 0) is 26.0 Å². The average Bonchev–Trinajstić information content (AvgIpc) is 2.26. The van der Waals surface area contributed by atoms with Crippen LogP contribution in [0.5, 0.6) is 0 Å². The molecule has 0 aromatic rings. The molecule has 0 aliphatic heterocycles. The van der Waals surface area contributed by atoms with Gasteiger partial charge in [-0.1, -0.05) is 20.3 Å². The number of carbonyl (C=O) groups is 2. The third-order valence-electron chi connectivity index (χ3n) is 2.56. The molecule has 0 heterocycles. The second-order valence-electron chi connectivity index (χ2n) is 4.55. The van der Waals surface area contributed by atoms with Crippen LogP contribution in [0.1, 0.15) is 40.5 Å². The van der Waals surface area contributed by atoms with Crippen molar-refractivity contribution in [1.29, 1.82) is 0 Å². The molecular formula is C12H24N2O3S. The first-order valence-corrected chi connectivity index (χ1v) is 7.41. The van der Waals surface area contributed by atoms with Crippen molar-refractivity contribution in [2.45, 2.75) is 52.1 Å². The van der Waals surface area contributed by atoms with Crippen LogP contribution in [0.2, 0.25) is 0 Å². The van der Waals surface area contributed by atoms with Crippen LogP contribution < -0.4 is 10.6 Å². The largest absolute Gasteiger partial charge is 0.480 e. The number of aliphatic carboxylic acids is 1. The Hall–Kier alpha value is -0.910. The zero-order chi connectivity index (χ0) is 14.2. The highest BCUT2D eigenvalue weighted by Gasteiger charge is 2.33. The zero-order valence-electron chi connectivity index (χ0n) is 11.6. The van der Waals surface area contributed by atoms with Crippen LogP contribution >= 0.6 is 11.8 Å². The van der Waals surface area contributed by atoms with Crippen LogP contribution in [0.3, 0.4) is 0 Å². The predicted octanol–water partition coefficient (Wildman–Crippen LogP) is 2.07. The Morgan fingerprint density at radius 1 is 1.39 bits per heavy atom. The maximum atomic E-state index is 11.7. The van der Waals surface area contributed by atoms with E-state index in [9.17, 15) is 9.59 Å². The highest BCUT2D eigenvalue weighted by Crippen LogP contribution is 2.12. The summed E-state index contributed by atoms with van der Waals surface area (Å²) >= 11 is 1.73. The summed E-state index contributed by atoms with van der Waals surface area (Å²) in [4.78, 5) is 22.9. The van der Waals surface area contributed by atoms with E-state index in [0.717, 1.165) is 11.5 Å². The molecule has 0 bridgehead atoms. The Labute approximate surface area is 113 Å². The molecule has 0 rings (SSSR count). The minimum Gasteiger partial charge on any atom is -0.480 e. The van der Waals surface area contributed by atoms with Gasteiger partial charge in [0.2, 0.25) is 0 Å². The summed E-state index contributed by atoms with van der Waals surface area (Å²) in [5.74, 6) is 0.813. The van der Waals surface area contributed by atoms with Gasteiger partial charge in [0.1, 0.15) is 5.54 Å². The zero-order valence-corrected chi connectivity index (χ0v) is 12.4. The molecule has 2 atom stereocenters. The number of urea groups is 1. The maximum absolute atomic E-state index is 11.7. The van der Waals surface area contributed by atoms with Gasteiger partial charge >= 0.3 is 12.0 Å². The van der Waals surface area contributed by atoms with Crippen molar-refractivity contribution in [1.82, 2.24) is 10.6 Å². The minimum absolute atomic E-state index is 0.0228. The lowest BCUT2D eigenvalue weighted by atomic mass is 9.97. The minimum atomic E-state index is -1.20. The summed E-state index contributed by atoms with van der Waals surface area (Å²) in [6.07, 6.45) is 1.11. The number of thioether (sulfide) groups is 1. The molecule has 0 saturated heterocycles. The third kappa shape index (κ3) is 6.14. The summed E-state index contributed by atoms with van der Waals surface area (Å²) < 4.78 is 0. The van der Waals surface area contributed by atoms with Gasteiger partial charge in [-0.15, -0.1) is 0 Å². The monoisotopic (exact) mass is 276 g/mol. The van der Waals surface area contributed by atoms with E-state index >= 15 is 0 Å². The lowest BCUT2D eigenvalue weighted by molar-refractivity contribution is -0.144. The van der Waals surface area contributed by atoms with E-state index in [4.69, 9.17) is 5.11 Å². The van der Waals surface area contributed by atoms with Crippen LogP contribution in [0.25, 0.3) is 0 Å². The Kier molecular flexibility index (Phi) is 7.82. The smallest absolute Gasteiger partial charge is 0.329 e. The Bertz CT molecular complexity index is 286. The van der Waals surface area contributed by atoms with E-state index in [1.54, 1.807) is 11.8 Å². The standard InChI is InChI=1S/C12H24N2O3S/c1-5-7-12(4,10(15)16)14-11(17)13-9(3)8-18-6-2/h9H,5-8H2,1-4H3,(H,15,16)(H2,13,14,17). The van der Waals surface area contributed by atoms with Crippen LogP contribution in [-0.4, -0.2) is 40.2 Å². The Balaban J connectivity index is 4.30. The van der Waals surface area contributed by atoms with Crippen molar-refractivity contribution in [3.63, 3.8) is 0 Å². The molecule has 0 saturated carbocycles. The van der Waals surface area contributed by atoms with Crippen molar-refractivity contribution in [3.8, 4) is 0 Å². The first kappa shape index (κ1) is 17.1. The average molecular weight is 276 g/mol. The van der Waals surface area contributed by atoms with Crippen molar-refractivity contribution < 1.29 is 14.7 Å². The lowest BCUT2D eigenvalue weighted by Crippen LogP contribution is -2.56. The van der Waals surface area contributed by atoms with Crippen LogP contribution in [-0.2, 0) is 4.79 Å². The molecule has 106 valence electrons. The molecule has 0 fully saturated rings.